The van der Waals surface area contributed by atoms with E-state index in [0.717, 1.165) is 69.6 Å². The third-order valence-corrected chi connectivity index (χ3v) is 9.19. The van der Waals surface area contributed by atoms with Gasteiger partial charge < -0.3 is 14.2 Å². The van der Waals surface area contributed by atoms with E-state index in [1.165, 1.54) is 89.9 Å². The molecule has 0 amide bonds. The highest BCUT2D eigenvalue weighted by molar-refractivity contribution is 5.71. The van der Waals surface area contributed by atoms with Crippen LogP contribution in [0.3, 0.4) is 0 Å². The zero-order chi connectivity index (χ0) is 33.4. The van der Waals surface area contributed by atoms with Crippen LogP contribution in [0.4, 0.5) is 0 Å². The topological polar surface area (TPSA) is 78.9 Å². The molecular formula is C39H74O6. The molecule has 0 saturated carbocycles. The molecule has 3 atom stereocenters. The monoisotopic (exact) mass is 639 g/mol. The van der Waals surface area contributed by atoms with E-state index in [1.807, 2.05) is 0 Å². The Balaban J connectivity index is 4.38. The average Bonchev–Trinajstić information content (AvgIpc) is 3.03. The van der Waals surface area contributed by atoms with E-state index in [2.05, 4.69) is 34.6 Å². The van der Waals surface area contributed by atoms with Crippen LogP contribution < -0.4 is 0 Å². The van der Waals surface area contributed by atoms with Crippen molar-refractivity contribution in [3.8, 4) is 0 Å². The van der Waals surface area contributed by atoms with Gasteiger partial charge in [-0.15, -0.1) is 0 Å². The Labute approximate surface area is 278 Å². The number of unbranched alkanes of at least 4 members (excludes halogenated alkanes) is 16. The summed E-state index contributed by atoms with van der Waals surface area (Å²) in [4.78, 5) is 37.3. The molecule has 2 unspecified atom stereocenters. The average molecular weight is 639 g/mol. The number of hydrogen-bond acceptors (Lipinski definition) is 6. The van der Waals surface area contributed by atoms with Crippen LogP contribution >= 0.6 is 0 Å². The van der Waals surface area contributed by atoms with Crippen LogP contribution in [0.15, 0.2) is 0 Å². The lowest BCUT2D eigenvalue weighted by atomic mass is 10.00. The van der Waals surface area contributed by atoms with Gasteiger partial charge in [-0.2, -0.15) is 0 Å². The van der Waals surface area contributed by atoms with Crippen molar-refractivity contribution in [2.24, 2.45) is 11.8 Å². The van der Waals surface area contributed by atoms with Crippen LogP contribution in [-0.2, 0) is 28.6 Å². The molecule has 6 heteroatoms. The highest BCUT2D eigenvalue weighted by Gasteiger charge is 2.19. The molecule has 266 valence electrons. The molecule has 0 aromatic carbocycles. The predicted octanol–water partition coefficient (Wildman–Crippen LogP) is 11.5. The second kappa shape index (κ2) is 32.4. The maximum atomic E-state index is 12.6. The standard InChI is InChI=1S/C39H74O6/c1-6-9-10-11-12-19-24-29-37(40)43-32-36(45-39(42)31-26-21-16-14-18-23-28-35(5)8-3)33-44-38(41)30-25-20-15-13-17-22-27-34(4)7-2/h34-36H,6-33H2,1-5H3/t34?,35?,36-/m1/s1. The van der Waals surface area contributed by atoms with Gasteiger partial charge in [0.05, 0.1) is 0 Å². The first-order valence-electron chi connectivity index (χ1n) is 19.3. The number of ether oxygens (including phenoxy) is 3. The summed E-state index contributed by atoms with van der Waals surface area (Å²) in [7, 11) is 0. The maximum absolute atomic E-state index is 12.6. The molecule has 0 aromatic heterocycles. The van der Waals surface area contributed by atoms with E-state index in [4.69, 9.17) is 14.2 Å². The van der Waals surface area contributed by atoms with Crippen molar-refractivity contribution in [2.45, 2.75) is 208 Å². The highest BCUT2D eigenvalue weighted by Crippen LogP contribution is 2.16. The van der Waals surface area contributed by atoms with E-state index in [1.54, 1.807) is 0 Å². The molecule has 0 bridgehead atoms. The minimum Gasteiger partial charge on any atom is -0.462 e. The van der Waals surface area contributed by atoms with Crippen LogP contribution in [0, 0.1) is 11.8 Å². The number of esters is 3. The summed E-state index contributed by atoms with van der Waals surface area (Å²) in [5, 5.41) is 0. The molecule has 0 saturated heterocycles. The Morgan fingerprint density at radius 3 is 1.16 bits per heavy atom. The van der Waals surface area contributed by atoms with Gasteiger partial charge in [-0.3, -0.25) is 14.4 Å². The van der Waals surface area contributed by atoms with Crippen molar-refractivity contribution in [3.63, 3.8) is 0 Å². The van der Waals surface area contributed by atoms with Gasteiger partial charge in [0.2, 0.25) is 0 Å². The van der Waals surface area contributed by atoms with Crippen LogP contribution in [0.2, 0.25) is 0 Å². The van der Waals surface area contributed by atoms with Gasteiger partial charge >= 0.3 is 17.9 Å². The summed E-state index contributed by atoms with van der Waals surface area (Å²) in [5.74, 6) is 0.745. The van der Waals surface area contributed by atoms with Crippen molar-refractivity contribution in [2.75, 3.05) is 13.2 Å². The third-order valence-electron chi connectivity index (χ3n) is 9.19. The maximum Gasteiger partial charge on any atom is 0.306 e. The number of rotatable bonds is 33. The third kappa shape index (κ3) is 30.8. The first kappa shape index (κ1) is 43.4. The Hall–Kier alpha value is -1.59. The summed E-state index contributed by atoms with van der Waals surface area (Å²) >= 11 is 0. The van der Waals surface area contributed by atoms with Crippen molar-refractivity contribution in [1.29, 1.82) is 0 Å². The Kier molecular flexibility index (Phi) is 31.2. The van der Waals surface area contributed by atoms with Crippen LogP contribution in [0.1, 0.15) is 202 Å². The van der Waals surface area contributed by atoms with E-state index < -0.39 is 6.10 Å². The number of carbonyl (C=O) groups is 3. The summed E-state index contributed by atoms with van der Waals surface area (Å²) < 4.78 is 16.5. The van der Waals surface area contributed by atoms with Gasteiger partial charge in [0, 0.05) is 19.3 Å². The minimum absolute atomic E-state index is 0.0683. The van der Waals surface area contributed by atoms with Gasteiger partial charge in [0.1, 0.15) is 13.2 Å². The number of carbonyl (C=O) groups excluding carboxylic acids is 3. The van der Waals surface area contributed by atoms with Gasteiger partial charge in [-0.05, 0) is 31.1 Å². The molecule has 45 heavy (non-hydrogen) atoms. The van der Waals surface area contributed by atoms with Crippen LogP contribution in [0.5, 0.6) is 0 Å². The molecular weight excluding hydrogens is 564 g/mol. The van der Waals surface area contributed by atoms with E-state index in [0.29, 0.717) is 19.3 Å². The molecule has 0 fully saturated rings. The fourth-order valence-electron chi connectivity index (χ4n) is 5.45. The molecule has 0 rings (SSSR count). The zero-order valence-electron chi connectivity index (χ0n) is 30.5. The zero-order valence-corrected chi connectivity index (χ0v) is 30.5. The summed E-state index contributed by atoms with van der Waals surface area (Å²) in [6.07, 6.45) is 26.7. The first-order chi connectivity index (χ1) is 21.8. The Bertz CT molecular complexity index is 693. The Morgan fingerprint density at radius 1 is 0.444 bits per heavy atom. The summed E-state index contributed by atoms with van der Waals surface area (Å²) in [5.41, 5.74) is 0. The van der Waals surface area contributed by atoms with Crippen LogP contribution in [-0.4, -0.2) is 37.2 Å². The second-order valence-corrected chi connectivity index (χ2v) is 13.7. The largest absolute Gasteiger partial charge is 0.462 e. The van der Waals surface area contributed by atoms with Crippen molar-refractivity contribution in [3.05, 3.63) is 0 Å². The minimum atomic E-state index is -0.759. The quantitative estimate of drug-likeness (QED) is 0.0404. The van der Waals surface area contributed by atoms with Crippen LogP contribution in [0.25, 0.3) is 0 Å². The smallest absolute Gasteiger partial charge is 0.306 e. The lowest BCUT2D eigenvalue weighted by Gasteiger charge is -2.18. The molecule has 0 radical (unpaired) electrons. The van der Waals surface area contributed by atoms with E-state index >= 15 is 0 Å². The summed E-state index contributed by atoms with van der Waals surface area (Å²) in [6.45, 7) is 11.2. The van der Waals surface area contributed by atoms with Crippen molar-refractivity contribution >= 4 is 17.9 Å². The fraction of sp³-hybridized carbons (Fsp3) is 0.923. The molecule has 0 spiro atoms. The Morgan fingerprint density at radius 2 is 0.778 bits per heavy atom. The van der Waals surface area contributed by atoms with Crippen molar-refractivity contribution in [1.82, 2.24) is 0 Å². The number of hydrogen-bond donors (Lipinski definition) is 0. The molecule has 0 aliphatic heterocycles. The molecule has 0 heterocycles. The molecule has 0 aliphatic carbocycles. The normalized spacial score (nSPS) is 13.3. The van der Waals surface area contributed by atoms with Gasteiger partial charge in [0.25, 0.3) is 0 Å². The first-order valence-corrected chi connectivity index (χ1v) is 19.3. The highest BCUT2D eigenvalue weighted by atomic mass is 16.6. The fourth-order valence-corrected chi connectivity index (χ4v) is 5.45. The predicted molar refractivity (Wildman–Crippen MR) is 187 cm³/mol. The van der Waals surface area contributed by atoms with E-state index in [9.17, 15) is 14.4 Å². The molecule has 0 N–H and O–H groups in total. The second-order valence-electron chi connectivity index (χ2n) is 13.7. The lowest BCUT2D eigenvalue weighted by Crippen LogP contribution is -2.30. The van der Waals surface area contributed by atoms with Gasteiger partial charge in [-0.1, -0.05) is 163 Å². The molecule has 0 aliphatic rings. The summed E-state index contributed by atoms with van der Waals surface area (Å²) in [6, 6.07) is 0. The van der Waals surface area contributed by atoms with Gasteiger partial charge in [-0.25, -0.2) is 0 Å². The molecule has 6 nitrogen and oxygen atoms in total. The van der Waals surface area contributed by atoms with Gasteiger partial charge in [0.15, 0.2) is 6.10 Å². The SMILES string of the molecule is CCCCCCCCCC(=O)OC[C@H](COC(=O)CCCCCCCCC(C)CC)OC(=O)CCCCCCCCC(C)CC. The lowest BCUT2D eigenvalue weighted by molar-refractivity contribution is -0.167. The van der Waals surface area contributed by atoms with Crippen molar-refractivity contribution < 1.29 is 28.6 Å². The molecule has 0 aromatic rings. The van der Waals surface area contributed by atoms with E-state index in [-0.39, 0.29) is 31.1 Å².